The van der Waals surface area contributed by atoms with Crippen molar-refractivity contribution in [3.63, 3.8) is 0 Å². The Labute approximate surface area is 173 Å². The number of anilines is 1. The molecule has 1 atom stereocenters. The van der Waals surface area contributed by atoms with Crippen LogP contribution in [0.15, 0.2) is 58.4 Å². The van der Waals surface area contributed by atoms with Crippen molar-refractivity contribution in [2.45, 2.75) is 30.8 Å². The maximum absolute atomic E-state index is 13.6. The molecule has 0 fully saturated rings. The van der Waals surface area contributed by atoms with Crippen molar-refractivity contribution >= 4 is 33.4 Å². The number of carbonyl (C=O) groups is 2. The monoisotopic (exact) mass is 433 g/mol. The van der Waals surface area contributed by atoms with Gasteiger partial charge in [0.1, 0.15) is 11.7 Å². The van der Waals surface area contributed by atoms with E-state index in [0.29, 0.717) is 12.0 Å². The standard InChI is InChI=1S/C20H20FN3O5S/c1-13(20(26)23-16-9-4-3-8-15(16)21)29-18(25)11-6-12-22-19-14-7-2-5-10-17(14)30(27,28)24-19/h2-5,7-10,13H,6,11-12H2,1H3,(H,22,24)(H,23,26)/t13-/m0/s1. The Kier molecular flexibility index (Phi) is 6.46. The molecule has 3 rings (SSSR count). The fourth-order valence-electron chi connectivity index (χ4n) is 2.77. The fraction of sp³-hybridized carbons (Fsp3) is 0.250. The third-order valence-electron chi connectivity index (χ3n) is 4.28. The first-order chi connectivity index (χ1) is 14.3. The minimum absolute atomic E-state index is 0.000482. The van der Waals surface area contributed by atoms with Crippen LogP contribution in [0.25, 0.3) is 0 Å². The predicted molar refractivity (Wildman–Crippen MR) is 108 cm³/mol. The van der Waals surface area contributed by atoms with Gasteiger partial charge in [0.2, 0.25) is 0 Å². The van der Waals surface area contributed by atoms with Crippen LogP contribution in [0, 0.1) is 5.82 Å². The topological polar surface area (TPSA) is 114 Å². The Balaban J connectivity index is 1.47. The molecule has 158 valence electrons. The highest BCUT2D eigenvalue weighted by molar-refractivity contribution is 7.90. The fourth-order valence-corrected chi connectivity index (χ4v) is 4.02. The van der Waals surface area contributed by atoms with E-state index in [-0.39, 0.29) is 29.4 Å². The lowest BCUT2D eigenvalue weighted by atomic mass is 10.2. The van der Waals surface area contributed by atoms with Crippen molar-refractivity contribution in [2.24, 2.45) is 4.99 Å². The number of hydrogen-bond acceptors (Lipinski definition) is 6. The number of para-hydroxylation sites is 1. The Morgan fingerprint density at radius 2 is 1.87 bits per heavy atom. The summed E-state index contributed by atoms with van der Waals surface area (Å²) in [7, 11) is -3.61. The van der Waals surface area contributed by atoms with E-state index >= 15 is 0 Å². The molecule has 0 radical (unpaired) electrons. The van der Waals surface area contributed by atoms with Crippen LogP contribution in [0.5, 0.6) is 0 Å². The quantitative estimate of drug-likeness (QED) is 0.513. The normalized spacial score (nSPS) is 16.4. The predicted octanol–water partition coefficient (Wildman–Crippen LogP) is 2.21. The molecule has 0 saturated carbocycles. The Morgan fingerprint density at radius 1 is 1.17 bits per heavy atom. The molecular weight excluding hydrogens is 413 g/mol. The van der Waals surface area contributed by atoms with Crippen LogP contribution in [0.4, 0.5) is 10.1 Å². The number of nitrogens with zero attached hydrogens (tertiary/aromatic N) is 1. The third-order valence-corrected chi connectivity index (χ3v) is 5.68. The number of amides is 1. The van der Waals surface area contributed by atoms with Crippen molar-refractivity contribution in [1.29, 1.82) is 0 Å². The highest BCUT2D eigenvalue weighted by Gasteiger charge is 2.29. The van der Waals surface area contributed by atoms with Gasteiger partial charge in [-0.25, -0.2) is 12.8 Å². The first-order valence-corrected chi connectivity index (χ1v) is 10.7. The van der Waals surface area contributed by atoms with Crippen LogP contribution in [-0.2, 0) is 24.3 Å². The zero-order chi connectivity index (χ0) is 21.7. The third kappa shape index (κ3) is 5.01. The highest BCUT2D eigenvalue weighted by atomic mass is 32.2. The van der Waals surface area contributed by atoms with Gasteiger partial charge in [0.05, 0.1) is 10.6 Å². The molecule has 30 heavy (non-hydrogen) atoms. The van der Waals surface area contributed by atoms with E-state index in [0.717, 1.165) is 0 Å². The van der Waals surface area contributed by atoms with E-state index in [4.69, 9.17) is 4.74 Å². The summed E-state index contributed by atoms with van der Waals surface area (Å²) in [6.45, 7) is 1.58. The molecule has 0 spiro atoms. The highest BCUT2D eigenvalue weighted by Crippen LogP contribution is 2.22. The molecule has 2 aromatic carbocycles. The molecule has 0 aliphatic carbocycles. The number of ether oxygens (including phenoxy) is 1. The van der Waals surface area contributed by atoms with E-state index in [1.165, 1.54) is 31.2 Å². The second-order valence-corrected chi connectivity index (χ2v) is 8.19. The second kappa shape index (κ2) is 9.04. The molecule has 0 unspecified atom stereocenters. The largest absolute Gasteiger partial charge is 0.453 e. The second-order valence-electron chi connectivity index (χ2n) is 6.54. The van der Waals surface area contributed by atoms with Crippen LogP contribution in [0.3, 0.4) is 0 Å². The smallest absolute Gasteiger partial charge is 0.306 e. The number of carbonyl (C=O) groups excluding carboxylic acids is 2. The maximum Gasteiger partial charge on any atom is 0.306 e. The number of amidine groups is 1. The van der Waals surface area contributed by atoms with Gasteiger partial charge in [-0.2, -0.15) is 0 Å². The lowest BCUT2D eigenvalue weighted by Crippen LogP contribution is -2.30. The van der Waals surface area contributed by atoms with Crippen molar-refractivity contribution in [3.05, 3.63) is 59.9 Å². The summed E-state index contributed by atoms with van der Waals surface area (Å²) in [4.78, 5) is 28.4. The Hall–Kier alpha value is -3.27. The molecule has 8 nitrogen and oxygen atoms in total. The summed E-state index contributed by atoms with van der Waals surface area (Å²) >= 11 is 0. The number of fused-ring (bicyclic) bond motifs is 1. The number of hydrogen-bond donors (Lipinski definition) is 2. The number of nitrogens with one attached hydrogen (secondary N) is 2. The van der Waals surface area contributed by atoms with Crippen LogP contribution in [0.1, 0.15) is 25.3 Å². The zero-order valence-electron chi connectivity index (χ0n) is 16.1. The van der Waals surface area contributed by atoms with Crippen molar-refractivity contribution in [2.75, 3.05) is 11.9 Å². The maximum atomic E-state index is 13.6. The number of halogens is 1. The van der Waals surface area contributed by atoms with E-state index in [1.54, 1.807) is 24.3 Å². The summed E-state index contributed by atoms with van der Waals surface area (Å²) in [6, 6.07) is 12.1. The van der Waals surface area contributed by atoms with E-state index in [2.05, 4.69) is 15.0 Å². The lowest BCUT2D eigenvalue weighted by molar-refractivity contribution is -0.153. The number of esters is 1. The number of rotatable bonds is 7. The summed E-state index contributed by atoms with van der Waals surface area (Å²) in [6.07, 6.45) is -0.812. The molecule has 0 bridgehead atoms. The SMILES string of the molecule is C[C@H](OC(=O)CCCN=C1NS(=O)(=O)c2ccccc21)C(=O)Nc1ccccc1F. The minimum atomic E-state index is -3.61. The first kappa shape index (κ1) is 21.4. The van der Waals surface area contributed by atoms with Crippen LogP contribution in [-0.4, -0.2) is 38.8 Å². The molecule has 1 aliphatic rings. The minimum Gasteiger partial charge on any atom is -0.453 e. The van der Waals surface area contributed by atoms with E-state index < -0.39 is 33.8 Å². The van der Waals surface area contributed by atoms with Gasteiger partial charge in [-0.15, -0.1) is 0 Å². The van der Waals surface area contributed by atoms with Crippen LogP contribution < -0.4 is 10.0 Å². The Morgan fingerprint density at radius 3 is 2.63 bits per heavy atom. The van der Waals surface area contributed by atoms with Gasteiger partial charge in [0, 0.05) is 18.5 Å². The van der Waals surface area contributed by atoms with Gasteiger partial charge in [-0.05, 0) is 37.6 Å². The number of aliphatic imine (C=N–C) groups is 1. The average molecular weight is 433 g/mol. The summed E-state index contributed by atoms with van der Waals surface area (Å²) in [5, 5.41) is 2.36. The molecule has 0 saturated heterocycles. The van der Waals surface area contributed by atoms with Gasteiger partial charge in [0.15, 0.2) is 6.10 Å². The summed E-state index contributed by atoms with van der Waals surface area (Å²) in [5.74, 6) is -1.62. The molecule has 0 aromatic heterocycles. The van der Waals surface area contributed by atoms with Gasteiger partial charge in [0.25, 0.3) is 15.9 Å². The van der Waals surface area contributed by atoms with E-state index in [1.807, 2.05) is 0 Å². The van der Waals surface area contributed by atoms with Crippen LogP contribution in [0.2, 0.25) is 0 Å². The number of benzene rings is 2. The van der Waals surface area contributed by atoms with Gasteiger partial charge >= 0.3 is 5.97 Å². The first-order valence-electron chi connectivity index (χ1n) is 9.19. The molecule has 2 N–H and O–H groups in total. The van der Waals surface area contributed by atoms with Gasteiger partial charge in [-0.1, -0.05) is 24.3 Å². The Bertz CT molecular complexity index is 1100. The molecule has 1 aliphatic heterocycles. The van der Waals surface area contributed by atoms with Crippen molar-refractivity contribution in [3.8, 4) is 0 Å². The summed E-state index contributed by atoms with van der Waals surface area (Å²) < 4.78 is 45.0. The lowest BCUT2D eigenvalue weighted by Gasteiger charge is -2.13. The zero-order valence-corrected chi connectivity index (χ0v) is 16.9. The van der Waals surface area contributed by atoms with Gasteiger partial charge < -0.3 is 10.1 Å². The van der Waals surface area contributed by atoms with Crippen molar-refractivity contribution < 1.29 is 27.1 Å². The summed E-state index contributed by atoms with van der Waals surface area (Å²) in [5.41, 5.74) is 0.485. The molecule has 10 heteroatoms. The number of sulfonamides is 1. The van der Waals surface area contributed by atoms with Gasteiger partial charge in [-0.3, -0.25) is 19.3 Å². The average Bonchev–Trinajstić information content (AvgIpc) is 2.97. The molecule has 2 aromatic rings. The van der Waals surface area contributed by atoms with Crippen LogP contribution >= 0.6 is 0 Å². The molecular formula is C20H20FN3O5S. The van der Waals surface area contributed by atoms with E-state index in [9.17, 15) is 22.4 Å². The molecule has 1 heterocycles. The van der Waals surface area contributed by atoms with Crippen molar-refractivity contribution in [1.82, 2.24) is 4.72 Å². The molecule has 1 amide bonds.